The fourth-order valence-electron chi connectivity index (χ4n) is 3.25. The SMILES string of the molecule is CCCc1cc(-c2nnc(SCc3csc(-c4ccc(C)cc4)n3)n2CCC)cs1. The predicted octanol–water partition coefficient (Wildman–Crippen LogP) is 7.09. The van der Waals surface area contributed by atoms with Gasteiger partial charge in [0.1, 0.15) is 5.01 Å². The van der Waals surface area contributed by atoms with Crippen LogP contribution in [0.25, 0.3) is 22.0 Å². The smallest absolute Gasteiger partial charge is 0.191 e. The van der Waals surface area contributed by atoms with E-state index < -0.39 is 0 Å². The summed E-state index contributed by atoms with van der Waals surface area (Å²) in [7, 11) is 0. The second kappa shape index (κ2) is 9.90. The first-order valence-corrected chi connectivity index (χ1v) is 13.1. The fourth-order valence-corrected chi connectivity index (χ4v) is 6.01. The monoisotopic (exact) mass is 454 g/mol. The molecule has 3 aromatic heterocycles. The summed E-state index contributed by atoms with van der Waals surface area (Å²) < 4.78 is 2.26. The predicted molar refractivity (Wildman–Crippen MR) is 129 cm³/mol. The van der Waals surface area contributed by atoms with Crippen LogP contribution >= 0.6 is 34.4 Å². The Kier molecular flexibility index (Phi) is 7.02. The van der Waals surface area contributed by atoms with E-state index in [9.17, 15) is 0 Å². The first-order chi connectivity index (χ1) is 14.7. The fraction of sp³-hybridized carbons (Fsp3) is 0.348. The molecule has 0 saturated carbocycles. The third-order valence-electron chi connectivity index (χ3n) is 4.77. The first-order valence-electron chi connectivity index (χ1n) is 10.3. The van der Waals surface area contributed by atoms with Crippen molar-refractivity contribution in [2.75, 3.05) is 0 Å². The molecule has 4 aromatic rings. The van der Waals surface area contributed by atoms with Crippen molar-refractivity contribution in [3.05, 3.63) is 57.2 Å². The summed E-state index contributed by atoms with van der Waals surface area (Å²) in [5.41, 5.74) is 4.73. The molecule has 4 nitrogen and oxygen atoms in total. The van der Waals surface area contributed by atoms with Crippen LogP contribution in [0.2, 0.25) is 0 Å². The van der Waals surface area contributed by atoms with Gasteiger partial charge < -0.3 is 4.57 Å². The number of aromatic nitrogens is 4. The standard InChI is InChI=1S/C23H26N4S3/c1-4-6-20-12-18(13-28-20)21-25-26-23(27(21)11-5-2)30-15-19-14-29-22(24-19)17-9-7-16(3)8-10-17/h7-10,12-14H,4-6,11,15H2,1-3H3. The Balaban J connectivity index is 1.49. The third-order valence-corrected chi connectivity index (χ3v) is 7.71. The minimum absolute atomic E-state index is 0.801. The lowest BCUT2D eigenvalue weighted by atomic mass is 10.2. The van der Waals surface area contributed by atoms with Crippen molar-refractivity contribution in [1.29, 1.82) is 0 Å². The quantitative estimate of drug-likeness (QED) is 0.253. The van der Waals surface area contributed by atoms with Gasteiger partial charge in [0.25, 0.3) is 0 Å². The number of aryl methyl sites for hydroxylation is 2. The molecule has 0 unspecified atom stereocenters. The van der Waals surface area contributed by atoms with Gasteiger partial charge in [-0.1, -0.05) is 61.9 Å². The maximum Gasteiger partial charge on any atom is 0.191 e. The van der Waals surface area contributed by atoms with Crippen LogP contribution in [-0.4, -0.2) is 19.7 Å². The van der Waals surface area contributed by atoms with Crippen LogP contribution in [0, 0.1) is 6.92 Å². The molecule has 4 rings (SSSR count). The van der Waals surface area contributed by atoms with E-state index in [1.165, 1.54) is 28.0 Å². The summed E-state index contributed by atoms with van der Waals surface area (Å²) in [5.74, 6) is 1.78. The molecular weight excluding hydrogens is 428 g/mol. The maximum absolute atomic E-state index is 4.83. The van der Waals surface area contributed by atoms with E-state index in [-0.39, 0.29) is 0 Å². The zero-order valence-corrected chi connectivity index (χ0v) is 20.0. The van der Waals surface area contributed by atoms with Gasteiger partial charge in [0.2, 0.25) is 0 Å². The second-order valence-corrected chi connectivity index (χ2v) is 10.1. The van der Waals surface area contributed by atoms with Gasteiger partial charge in [-0.05, 0) is 25.8 Å². The average Bonchev–Trinajstić information content (AvgIpc) is 3.48. The molecule has 0 bridgehead atoms. The lowest BCUT2D eigenvalue weighted by Crippen LogP contribution is -2.01. The number of nitrogens with zero attached hydrogens (tertiary/aromatic N) is 4. The number of rotatable bonds is 9. The summed E-state index contributed by atoms with van der Waals surface area (Å²) in [6.07, 6.45) is 3.35. The van der Waals surface area contributed by atoms with E-state index in [4.69, 9.17) is 4.98 Å². The average molecular weight is 455 g/mol. The van der Waals surface area contributed by atoms with Crippen LogP contribution in [0.3, 0.4) is 0 Å². The number of benzene rings is 1. The highest BCUT2D eigenvalue weighted by atomic mass is 32.2. The van der Waals surface area contributed by atoms with Crippen LogP contribution < -0.4 is 0 Å². The highest BCUT2D eigenvalue weighted by Crippen LogP contribution is 2.31. The molecule has 30 heavy (non-hydrogen) atoms. The third kappa shape index (κ3) is 4.85. The molecule has 156 valence electrons. The molecule has 0 aliphatic carbocycles. The normalized spacial score (nSPS) is 11.3. The number of hydrogen-bond donors (Lipinski definition) is 0. The van der Waals surface area contributed by atoms with Crippen molar-refractivity contribution in [3.8, 4) is 22.0 Å². The molecule has 1 aromatic carbocycles. The molecule has 0 saturated heterocycles. The zero-order chi connectivity index (χ0) is 20.9. The Labute approximate surface area is 190 Å². The van der Waals surface area contributed by atoms with Crippen molar-refractivity contribution < 1.29 is 0 Å². The van der Waals surface area contributed by atoms with Gasteiger partial charge in [-0.2, -0.15) is 0 Å². The van der Waals surface area contributed by atoms with Crippen molar-refractivity contribution >= 4 is 34.4 Å². The Morgan fingerprint density at radius 1 is 0.967 bits per heavy atom. The second-order valence-electron chi connectivity index (χ2n) is 7.31. The summed E-state index contributed by atoms with van der Waals surface area (Å²) in [6.45, 7) is 7.45. The van der Waals surface area contributed by atoms with Crippen molar-refractivity contribution in [1.82, 2.24) is 19.7 Å². The van der Waals surface area contributed by atoms with Crippen molar-refractivity contribution in [2.45, 2.75) is 57.5 Å². The Hall–Kier alpha value is -1.96. The molecule has 0 aliphatic heterocycles. The van der Waals surface area contributed by atoms with Gasteiger partial charge in [0.05, 0.1) is 5.69 Å². The molecule has 3 heterocycles. The highest BCUT2D eigenvalue weighted by molar-refractivity contribution is 7.98. The van der Waals surface area contributed by atoms with Gasteiger partial charge in [0.15, 0.2) is 11.0 Å². The van der Waals surface area contributed by atoms with Gasteiger partial charge in [-0.3, -0.25) is 0 Å². The summed E-state index contributed by atoms with van der Waals surface area (Å²) >= 11 is 5.24. The molecule has 0 spiro atoms. The lowest BCUT2D eigenvalue weighted by Gasteiger charge is -2.07. The summed E-state index contributed by atoms with van der Waals surface area (Å²) in [5, 5.41) is 15.5. The molecular formula is C23H26N4S3. The molecule has 0 N–H and O–H groups in total. The van der Waals surface area contributed by atoms with E-state index in [0.717, 1.165) is 46.8 Å². The van der Waals surface area contributed by atoms with E-state index in [1.807, 2.05) is 11.3 Å². The van der Waals surface area contributed by atoms with E-state index in [1.54, 1.807) is 23.1 Å². The maximum atomic E-state index is 4.83. The Morgan fingerprint density at radius 2 is 1.80 bits per heavy atom. The Bertz CT molecular complexity index is 1090. The molecule has 0 fully saturated rings. The van der Waals surface area contributed by atoms with Gasteiger partial charge in [-0.25, -0.2) is 4.98 Å². The van der Waals surface area contributed by atoms with Crippen LogP contribution in [0.4, 0.5) is 0 Å². The van der Waals surface area contributed by atoms with Crippen LogP contribution in [0.5, 0.6) is 0 Å². The largest absolute Gasteiger partial charge is 0.302 e. The minimum atomic E-state index is 0.801. The molecule has 7 heteroatoms. The van der Waals surface area contributed by atoms with Gasteiger partial charge in [0, 0.05) is 39.1 Å². The topological polar surface area (TPSA) is 43.6 Å². The lowest BCUT2D eigenvalue weighted by molar-refractivity contribution is 0.626. The Morgan fingerprint density at radius 3 is 2.57 bits per heavy atom. The minimum Gasteiger partial charge on any atom is -0.302 e. The first kappa shape index (κ1) is 21.3. The van der Waals surface area contributed by atoms with E-state index in [2.05, 4.69) is 76.6 Å². The van der Waals surface area contributed by atoms with E-state index >= 15 is 0 Å². The van der Waals surface area contributed by atoms with Crippen molar-refractivity contribution in [3.63, 3.8) is 0 Å². The molecule has 0 radical (unpaired) electrons. The van der Waals surface area contributed by atoms with Gasteiger partial charge in [-0.15, -0.1) is 32.9 Å². The zero-order valence-electron chi connectivity index (χ0n) is 17.6. The molecule has 0 aliphatic rings. The highest BCUT2D eigenvalue weighted by Gasteiger charge is 2.16. The molecule has 0 atom stereocenters. The number of thioether (sulfide) groups is 1. The molecule has 0 amide bonds. The van der Waals surface area contributed by atoms with Crippen LogP contribution in [0.1, 0.15) is 42.8 Å². The van der Waals surface area contributed by atoms with Crippen molar-refractivity contribution in [2.24, 2.45) is 0 Å². The number of thiophene rings is 1. The number of hydrogen-bond acceptors (Lipinski definition) is 6. The van der Waals surface area contributed by atoms with E-state index in [0.29, 0.717) is 0 Å². The summed E-state index contributed by atoms with van der Waals surface area (Å²) in [6, 6.07) is 10.8. The van der Waals surface area contributed by atoms with Crippen LogP contribution in [0.15, 0.2) is 46.2 Å². The number of thiazole rings is 1. The van der Waals surface area contributed by atoms with Gasteiger partial charge >= 0.3 is 0 Å². The van der Waals surface area contributed by atoms with Crippen LogP contribution in [-0.2, 0) is 18.7 Å². The summed E-state index contributed by atoms with van der Waals surface area (Å²) in [4.78, 5) is 6.25.